The molecule has 4 aromatic rings. The van der Waals surface area contributed by atoms with Crippen LogP contribution < -0.4 is 0 Å². The van der Waals surface area contributed by atoms with Crippen molar-refractivity contribution in [1.82, 2.24) is 0 Å². The molecule has 0 aliphatic carbocycles. The summed E-state index contributed by atoms with van der Waals surface area (Å²) in [5.41, 5.74) is 6.80. The lowest BCUT2D eigenvalue weighted by Crippen LogP contribution is -1.92. The highest BCUT2D eigenvalue weighted by atomic mass is 14.2. The monoisotopic (exact) mass is 324 g/mol. The van der Waals surface area contributed by atoms with Crippen molar-refractivity contribution >= 4 is 21.5 Å². The summed E-state index contributed by atoms with van der Waals surface area (Å²) in [6.45, 7) is 8.95. The van der Waals surface area contributed by atoms with Crippen LogP contribution in [0.5, 0.6) is 0 Å². The molecule has 0 heterocycles. The Kier molecular flexibility index (Phi) is 3.84. The Morgan fingerprint density at radius 1 is 0.680 bits per heavy atom. The van der Waals surface area contributed by atoms with Gasteiger partial charge in [-0.2, -0.15) is 0 Å². The van der Waals surface area contributed by atoms with Crippen LogP contribution in [-0.2, 0) is 0 Å². The maximum atomic E-state index is 2.35. The second kappa shape index (κ2) is 6.04. The molecule has 25 heavy (non-hydrogen) atoms. The molecule has 0 nitrogen and oxygen atoms in total. The van der Waals surface area contributed by atoms with Gasteiger partial charge < -0.3 is 0 Å². The van der Waals surface area contributed by atoms with Gasteiger partial charge in [-0.05, 0) is 81.3 Å². The van der Waals surface area contributed by atoms with Gasteiger partial charge in [0.1, 0.15) is 0 Å². The van der Waals surface area contributed by atoms with Crippen LogP contribution in [0.2, 0.25) is 0 Å². The summed E-state index contributed by atoms with van der Waals surface area (Å²) >= 11 is 0. The summed E-state index contributed by atoms with van der Waals surface area (Å²) in [6.07, 6.45) is 0. The third kappa shape index (κ3) is 2.72. The van der Waals surface area contributed by atoms with Gasteiger partial charge >= 0.3 is 0 Å². The van der Waals surface area contributed by atoms with Crippen molar-refractivity contribution in [2.45, 2.75) is 33.6 Å². The molecule has 0 aliphatic rings. The van der Waals surface area contributed by atoms with E-state index in [1.165, 1.54) is 49.4 Å². The third-order valence-electron chi connectivity index (χ3n) is 5.39. The standard InChI is InChI=1S/C25H24/c1-16(2)19-9-11-20(12-10-19)25-18(4)17(3)13-23-14-21-7-5-6-8-22(21)15-24(23)25/h5-16H,1-4H3. The fraction of sp³-hybridized carbons (Fsp3) is 0.200. The highest BCUT2D eigenvalue weighted by molar-refractivity contribution is 6.06. The molecule has 0 fully saturated rings. The van der Waals surface area contributed by atoms with Crippen LogP contribution in [0.4, 0.5) is 0 Å². The first-order valence-corrected chi connectivity index (χ1v) is 9.07. The van der Waals surface area contributed by atoms with E-state index in [1.807, 2.05) is 0 Å². The van der Waals surface area contributed by atoms with Gasteiger partial charge in [-0.1, -0.05) is 68.4 Å². The largest absolute Gasteiger partial charge is 0.0616 e. The van der Waals surface area contributed by atoms with Crippen LogP contribution in [0.3, 0.4) is 0 Å². The second-order valence-electron chi connectivity index (χ2n) is 7.39. The molecule has 0 amide bonds. The van der Waals surface area contributed by atoms with E-state index in [9.17, 15) is 0 Å². The van der Waals surface area contributed by atoms with E-state index >= 15 is 0 Å². The summed E-state index contributed by atoms with van der Waals surface area (Å²) in [4.78, 5) is 0. The van der Waals surface area contributed by atoms with Crippen molar-refractivity contribution in [3.63, 3.8) is 0 Å². The van der Waals surface area contributed by atoms with Crippen molar-refractivity contribution in [2.75, 3.05) is 0 Å². The van der Waals surface area contributed by atoms with Crippen LogP contribution in [0.15, 0.2) is 66.7 Å². The molecule has 0 aliphatic heterocycles. The highest BCUT2D eigenvalue weighted by Crippen LogP contribution is 2.36. The highest BCUT2D eigenvalue weighted by Gasteiger charge is 2.12. The van der Waals surface area contributed by atoms with Crippen molar-refractivity contribution in [1.29, 1.82) is 0 Å². The summed E-state index contributed by atoms with van der Waals surface area (Å²) in [7, 11) is 0. The van der Waals surface area contributed by atoms with Crippen LogP contribution >= 0.6 is 0 Å². The van der Waals surface area contributed by atoms with Gasteiger partial charge in [0.05, 0.1) is 0 Å². The predicted molar refractivity (Wildman–Crippen MR) is 110 cm³/mol. The summed E-state index contributed by atoms with van der Waals surface area (Å²) < 4.78 is 0. The average Bonchev–Trinajstić information content (AvgIpc) is 2.61. The zero-order valence-electron chi connectivity index (χ0n) is 15.4. The summed E-state index contributed by atoms with van der Waals surface area (Å²) in [5.74, 6) is 0.563. The molecule has 0 N–H and O–H groups in total. The van der Waals surface area contributed by atoms with Crippen LogP contribution in [0.25, 0.3) is 32.7 Å². The van der Waals surface area contributed by atoms with E-state index in [0.29, 0.717) is 5.92 Å². The lowest BCUT2D eigenvalue weighted by Gasteiger charge is -2.16. The van der Waals surface area contributed by atoms with Crippen LogP contribution in [0, 0.1) is 13.8 Å². The summed E-state index contributed by atoms with van der Waals surface area (Å²) in [6, 6.07) is 24.7. The molecule has 0 spiro atoms. The Morgan fingerprint density at radius 3 is 1.96 bits per heavy atom. The fourth-order valence-electron chi connectivity index (χ4n) is 3.74. The van der Waals surface area contributed by atoms with Gasteiger partial charge in [0.15, 0.2) is 0 Å². The van der Waals surface area contributed by atoms with Crippen LogP contribution in [0.1, 0.15) is 36.5 Å². The first-order valence-electron chi connectivity index (χ1n) is 9.07. The number of fused-ring (bicyclic) bond motifs is 2. The Bertz CT molecular complexity index is 1070. The molecule has 0 bridgehead atoms. The van der Waals surface area contributed by atoms with Gasteiger partial charge in [0.25, 0.3) is 0 Å². The van der Waals surface area contributed by atoms with Gasteiger partial charge in [-0.25, -0.2) is 0 Å². The Morgan fingerprint density at radius 2 is 1.32 bits per heavy atom. The number of hydrogen-bond acceptors (Lipinski definition) is 0. The topological polar surface area (TPSA) is 0 Å². The Balaban J connectivity index is 2.03. The second-order valence-corrected chi connectivity index (χ2v) is 7.39. The van der Waals surface area contributed by atoms with Crippen molar-refractivity contribution in [3.05, 3.63) is 83.4 Å². The van der Waals surface area contributed by atoms with E-state index in [0.717, 1.165) is 0 Å². The molecule has 0 heteroatoms. The lowest BCUT2D eigenvalue weighted by atomic mass is 9.88. The number of rotatable bonds is 2. The smallest absolute Gasteiger partial charge is 0.00733 e. The minimum atomic E-state index is 0.563. The van der Waals surface area contributed by atoms with Gasteiger partial charge in [-0.15, -0.1) is 0 Å². The number of hydrogen-bond donors (Lipinski definition) is 0. The molecule has 0 saturated carbocycles. The normalized spacial score (nSPS) is 11.6. The molecule has 0 radical (unpaired) electrons. The van der Waals surface area contributed by atoms with E-state index < -0.39 is 0 Å². The molecule has 0 atom stereocenters. The SMILES string of the molecule is Cc1cc2cc3ccccc3cc2c(-c2ccc(C(C)C)cc2)c1C. The van der Waals surface area contributed by atoms with E-state index in [4.69, 9.17) is 0 Å². The minimum Gasteiger partial charge on any atom is -0.0616 e. The fourth-order valence-corrected chi connectivity index (χ4v) is 3.74. The Hall–Kier alpha value is -2.60. The van der Waals surface area contributed by atoms with E-state index in [1.54, 1.807) is 0 Å². The summed E-state index contributed by atoms with van der Waals surface area (Å²) in [5, 5.41) is 5.28. The predicted octanol–water partition coefficient (Wildman–Crippen LogP) is 7.40. The lowest BCUT2D eigenvalue weighted by molar-refractivity contribution is 0.867. The zero-order chi connectivity index (χ0) is 17.6. The molecule has 0 aromatic heterocycles. The van der Waals surface area contributed by atoms with Crippen LogP contribution in [-0.4, -0.2) is 0 Å². The Labute approximate surface area is 150 Å². The maximum absolute atomic E-state index is 2.35. The minimum absolute atomic E-state index is 0.563. The van der Waals surface area contributed by atoms with E-state index in [-0.39, 0.29) is 0 Å². The van der Waals surface area contributed by atoms with Crippen molar-refractivity contribution < 1.29 is 0 Å². The molecule has 4 aromatic carbocycles. The van der Waals surface area contributed by atoms with E-state index in [2.05, 4.69) is 94.4 Å². The molecular formula is C25H24. The first-order chi connectivity index (χ1) is 12.0. The zero-order valence-corrected chi connectivity index (χ0v) is 15.4. The molecule has 124 valence electrons. The number of aryl methyl sites for hydroxylation is 1. The van der Waals surface area contributed by atoms with Crippen molar-refractivity contribution in [2.24, 2.45) is 0 Å². The molecule has 0 unspecified atom stereocenters. The van der Waals surface area contributed by atoms with Gasteiger partial charge in [0.2, 0.25) is 0 Å². The quantitative estimate of drug-likeness (QED) is 0.337. The van der Waals surface area contributed by atoms with Gasteiger partial charge in [0, 0.05) is 0 Å². The maximum Gasteiger partial charge on any atom is -0.00733 e. The third-order valence-corrected chi connectivity index (χ3v) is 5.39. The first kappa shape index (κ1) is 15.9. The molecule has 4 rings (SSSR count). The van der Waals surface area contributed by atoms with Gasteiger partial charge in [-0.3, -0.25) is 0 Å². The average molecular weight is 324 g/mol. The number of benzene rings is 4. The van der Waals surface area contributed by atoms with Crippen molar-refractivity contribution in [3.8, 4) is 11.1 Å². The molecule has 0 saturated heterocycles. The molecular weight excluding hydrogens is 300 g/mol.